The molecule has 0 fully saturated rings. The van der Waals surface area contributed by atoms with Crippen LogP contribution in [0.15, 0.2) is 97.1 Å². The van der Waals surface area contributed by atoms with Crippen molar-refractivity contribution in [3.05, 3.63) is 125 Å². The number of rotatable bonds is 12. The van der Waals surface area contributed by atoms with Crippen molar-refractivity contribution in [2.45, 2.75) is 51.4 Å². The van der Waals surface area contributed by atoms with Crippen molar-refractivity contribution in [2.24, 2.45) is 0 Å². The molecule has 1 unspecified atom stereocenters. The molecule has 0 aliphatic heterocycles. The zero-order valence-electron chi connectivity index (χ0n) is 25.8. The van der Waals surface area contributed by atoms with Gasteiger partial charge in [0.15, 0.2) is 0 Å². The minimum atomic E-state index is -0.412. The summed E-state index contributed by atoms with van der Waals surface area (Å²) in [5.74, 6) is 1.03. The molecule has 0 spiro atoms. The van der Waals surface area contributed by atoms with Crippen LogP contribution >= 0.6 is 0 Å². The Kier molecular flexibility index (Phi) is 10.0. The van der Waals surface area contributed by atoms with Crippen LogP contribution in [0.3, 0.4) is 0 Å². The van der Waals surface area contributed by atoms with Gasteiger partial charge in [-0.15, -0.1) is 0 Å². The first-order valence-corrected chi connectivity index (χ1v) is 14.4. The highest BCUT2D eigenvalue weighted by atomic mass is 16.5. The lowest BCUT2D eigenvalue weighted by atomic mass is 9.73. The summed E-state index contributed by atoms with van der Waals surface area (Å²) >= 11 is 0. The van der Waals surface area contributed by atoms with Crippen molar-refractivity contribution in [2.75, 3.05) is 20.8 Å². The molecule has 0 N–H and O–H groups in total. The van der Waals surface area contributed by atoms with Crippen LogP contribution < -0.4 is 14.2 Å². The van der Waals surface area contributed by atoms with Crippen LogP contribution in [0.4, 0.5) is 0 Å². The molecule has 0 aliphatic rings. The van der Waals surface area contributed by atoms with Crippen molar-refractivity contribution < 1.29 is 28.5 Å². The SMILES string of the molecule is COCCCC(C)(c1ccc(OC(C)=O)cc1)c1ccc(OC(=O)c2ccc(C(C)(C)c3ccc(OC)cc3)cc2)cc1. The maximum atomic E-state index is 13.0. The lowest BCUT2D eigenvalue weighted by Crippen LogP contribution is -2.24. The summed E-state index contributed by atoms with van der Waals surface area (Å²) in [4.78, 5) is 24.4. The van der Waals surface area contributed by atoms with Crippen LogP contribution in [0.1, 0.15) is 73.1 Å². The molecule has 0 saturated carbocycles. The summed E-state index contributed by atoms with van der Waals surface area (Å²) in [6.45, 7) is 8.52. The van der Waals surface area contributed by atoms with Crippen LogP contribution in [-0.2, 0) is 20.4 Å². The Morgan fingerprint density at radius 2 is 1.05 bits per heavy atom. The minimum Gasteiger partial charge on any atom is -0.497 e. The Balaban J connectivity index is 1.48. The topological polar surface area (TPSA) is 71.1 Å². The maximum absolute atomic E-state index is 13.0. The fourth-order valence-corrected chi connectivity index (χ4v) is 5.34. The van der Waals surface area contributed by atoms with Gasteiger partial charge in [0.25, 0.3) is 0 Å². The lowest BCUT2D eigenvalue weighted by molar-refractivity contribution is -0.131. The molecular weight excluding hydrogens is 540 g/mol. The molecule has 0 bridgehead atoms. The Morgan fingerprint density at radius 1 is 0.605 bits per heavy atom. The first kappa shape index (κ1) is 31.5. The van der Waals surface area contributed by atoms with E-state index in [1.54, 1.807) is 14.2 Å². The monoisotopic (exact) mass is 580 g/mol. The summed E-state index contributed by atoms with van der Waals surface area (Å²) in [6.07, 6.45) is 1.70. The van der Waals surface area contributed by atoms with E-state index < -0.39 is 5.97 Å². The van der Waals surface area contributed by atoms with E-state index in [0.717, 1.165) is 40.8 Å². The van der Waals surface area contributed by atoms with Crippen LogP contribution in [-0.4, -0.2) is 32.8 Å². The van der Waals surface area contributed by atoms with E-state index in [2.05, 4.69) is 32.9 Å². The van der Waals surface area contributed by atoms with Gasteiger partial charge in [0.1, 0.15) is 17.2 Å². The summed E-state index contributed by atoms with van der Waals surface area (Å²) in [5, 5.41) is 0. The number of carbonyl (C=O) groups excluding carboxylic acids is 2. The third-order valence-electron chi connectivity index (χ3n) is 8.13. The first-order valence-electron chi connectivity index (χ1n) is 14.4. The van der Waals surface area contributed by atoms with E-state index in [9.17, 15) is 9.59 Å². The zero-order valence-corrected chi connectivity index (χ0v) is 25.8. The van der Waals surface area contributed by atoms with Crippen LogP contribution in [0.2, 0.25) is 0 Å². The van der Waals surface area contributed by atoms with Crippen molar-refractivity contribution in [1.29, 1.82) is 0 Å². The maximum Gasteiger partial charge on any atom is 0.343 e. The number of esters is 2. The van der Waals surface area contributed by atoms with Gasteiger partial charge in [0.05, 0.1) is 12.7 Å². The number of hydrogen-bond donors (Lipinski definition) is 0. The molecule has 0 aromatic heterocycles. The number of hydrogen-bond acceptors (Lipinski definition) is 6. The Bertz CT molecular complexity index is 1500. The first-order chi connectivity index (χ1) is 20.6. The van der Waals surface area contributed by atoms with E-state index in [1.165, 1.54) is 6.92 Å². The molecule has 0 amide bonds. The smallest absolute Gasteiger partial charge is 0.343 e. The molecule has 0 heterocycles. The second kappa shape index (κ2) is 13.7. The predicted molar refractivity (Wildman–Crippen MR) is 168 cm³/mol. The molecule has 0 aliphatic carbocycles. The molecule has 224 valence electrons. The fraction of sp³-hybridized carbons (Fsp3) is 0.297. The predicted octanol–water partition coefficient (Wildman–Crippen LogP) is 7.90. The Morgan fingerprint density at radius 3 is 1.51 bits per heavy atom. The molecule has 0 saturated heterocycles. The van der Waals surface area contributed by atoms with Crippen molar-refractivity contribution in [3.8, 4) is 17.2 Å². The third-order valence-corrected chi connectivity index (χ3v) is 8.13. The normalized spacial score (nSPS) is 12.7. The van der Waals surface area contributed by atoms with Gasteiger partial charge in [-0.3, -0.25) is 4.79 Å². The van der Waals surface area contributed by atoms with Crippen LogP contribution in [0.5, 0.6) is 17.2 Å². The molecule has 6 nitrogen and oxygen atoms in total. The molecule has 1 atom stereocenters. The summed E-state index contributed by atoms with van der Waals surface area (Å²) in [5.41, 5.74) is 4.31. The molecule has 43 heavy (non-hydrogen) atoms. The number of ether oxygens (including phenoxy) is 4. The van der Waals surface area contributed by atoms with Gasteiger partial charge in [-0.1, -0.05) is 69.3 Å². The zero-order chi connectivity index (χ0) is 31.0. The van der Waals surface area contributed by atoms with E-state index in [4.69, 9.17) is 18.9 Å². The fourth-order valence-electron chi connectivity index (χ4n) is 5.34. The summed E-state index contributed by atoms with van der Waals surface area (Å²) in [7, 11) is 3.35. The lowest BCUT2D eigenvalue weighted by Gasteiger charge is -2.31. The van der Waals surface area contributed by atoms with Gasteiger partial charge in [-0.2, -0.15) is 0 Å². The van der Waals surface area contributed by atoms with Crippen molar-refractivity contribution in [1.82, 2.24) is 0 Å². The third kappa shape index (κ3) is 7.51. The molecule has 4 aromatic rings. The highest BCUT2D eigenvalue weighted by molar-refractivity contribution is 5.91. The summed E-state index contributed by atoms with van der Waals surface area (Å²) < 4.78 is 21.6. The number of benzene rings is 4. The molecule has 4 aromatic carbocycles. The minimum absolute atomic E-state index is 0.249. The largest absolute Gasteiger partial charge is 0.497 e. The van der Waals surface area contributed by atoms with E-state index in [-0.39, 0.29) is 16.8 Å². The van der Waals surface area contributed by atoms with Gasteiger partial charge in [-0.05, 0) is 83.6 Å². The quantitative estimate of drug-likeness (QED) is 0.0964. The van der Waals surface area contributed by atoms with E-state index >= 15 is 0 Å². The van der Waals surface area contributed by atoms with Crippen molar-refractivity contribution >= 4 is 11.9 Å². The molecule has 4 rings (SSSR count). The van der Waals surface area contributed by atoms with E-state index in [1.807, 2.05) is 84.9 Å². The molecular formula is C37H40O6. The average molecular weight is 581 g/mol. The van der Waals surface area contributed by atoms with Gasteiger partial charge in [0.2, 0.25) is 0 Å². The number of methoxy groups -OCH3 is 2. The Hall–Kier alpha value is -4.42. The van der Waals surface area contributed by atoms with Gasteiger partial charge >= 0.3 is 11.9 Å². The van der Waals surface area contributed by atoms with Crippen LogP contribution in [0.25, 0.3) is 0 Å². The molecule has 6 heteroatoms. The van der Waals surface area contributed by atoms with E-state index in [0.29, 0.717) is 23.7 Å². The van der Waals surface area contributed by atoms with Gasteiger partial charge in [0, 0.05) is 31.5 Å². The Labute approximate surface area is 254 Å². The van der Waals surface area contributed by atoms with Gasteiger partial charge in [-0.25, -0.2) is 4.79 Å². The van der Waals surface area contributed by atoms with Crippen LogP contribution in [0, 0.1) is 0 Å². The summed E-state index contributed by atoms with van der Waals surface area (Å²) in [6, 6.07) is 30.8. The molecule has 0 radical (unpaired) electrons. The second-order valence-electron chi connectivity index (χ2n) is 11.4. The number of carbonyl (C=O) groups is 2. The second-order valence-corrected chi connectivity index (χ2v) is 11.4. The van der Waals surface area contributed by atoms with Crippen molar-refractivity contribution in [3.63, 3.8) is 0 Å². The standard InChI is InChI=1S/C37H40O6/c1-26(38)42-33-20-14-30(15-21-33)37(4,24-7-25-40-5)31-16-22-34(23-17-31)43-35(39)27-8-10-28(11-9-27)36(2,3)29-12-18-32(41-6)19-13-29/h8-23H,7,24-25H2,1-6H3. The highest BCUT2D eigenvalue weighted by Crippen LogP contribution is 2.38. The van der Waals surface area contributed by atoms with Gasteiger partial charge < -0.3 is 18.9 Å². The average Bonchev–Trinajstić information content (AvgIpc) is 3.01. The highest BCUT2D eigenvalue weighted by Gasteiger charge is 2.29.